The fourth-order valence-electron chi connectivity index (χ4n) is 4.68. The van der Waals surface area contributed by atoms with Gasteiger partial charge in [-0.25, -0.2) is 4.39 Å². The molecule has 33 heavy (non-hydrogen) atoms. The Hall–Kier alpha value is -3.68. The molecule has 3 N–H and O–H groups in total. The Balaban J connectivity index is 1.51. The Morgan fingerprint density at radius 3 is 2.33 bits per heavy atom. The zero-order chi connectivity index (χ0) is 24.1. The Kier molecular flexibility index (Phi) is 5.47. The molecule has 0 aliphatic heterocycles. The van der Waals surface area contributed by atoms with Crippen molar-refractivity contribution >= 4 is 17.6 Å². The Morgan fingerprint density at radius 1 is 1.03 bits per heavy atom. The van der Waals surface area contributed by atoms with Gasteiger partial charge in [0.1, 0.15) is 11.5 Å². The number of benzene rings is 1. The van der Waals surface area contributed by atoms with Gasteiger partial charge in [0.05, 0.1) is 5.56 Å². The highest BCUT2D eigenvalue weighted by Crippen LogP contribution is 2.36. The predicted molar refractivity (Wildman–Crippen MR) is 122 cm³/mol. The lowest BCUT2D eigenvalue weighted by Crippen LogP contribution is -2.42. The molecule has 0 unspecified atom stereocenters. The normalized spacial score (nSPS) is 14.7. The van der Waals surface area contributed by atoms with E-state index in [9.17, 15) is 18.8 Å². The van der Waals surface area contributed by atoms with Crippen molar-refractivity contribution < 1.29 is 18.8 Å². The second-order valence-electron chi connectivity index (χ2n) is 9.42. The van der Waals surface area contributed by atoms with Crippen molar-refractivity contribution in [2.75, 3.05) is 0 Å². The number of aryl methyl sites for hydroxylation is 1. The first-order chi connectivity index (χ1) is 15.5. The number of rotatable bonds is 3. The lowest BCUT2D eigenvalue weighted by molar-refractivity contribution is 0.0843. The molecular weight excluding hydrogens is 423 g/mol. The first-order valence-corrected chi connectivity index (χ1v) is 10.8. The number of hydrazine groups is 1. The molecule has 2 amide bonds. The zero-order valence-electron chi connectivity index (χ0n) is 19.4. The van der Waals surface area contributed by atoms with Crippen LogP contribution in [0.25, 0.3) is 5.69 Å². The van der Waals surface area contributed by atoms with Crippen LogP contribution in [0.1, 0.15) is 74.1 Å². The van der Waals surface area contributed by atoms with E-state index in [1.807, 2.05) is 25.3 Å². The number of nitrogens with one attached hydrogen (secondary N) is 3. The molecule has 7 nitrogen and oxygen atoms in total. The summed E-state index contributed by atoms with van der Waals surface area (Å²) in [5, 5.41) is 0. The molecule has 0 atom stereocenters. The number of hydrogen-bond donors (Lipinski definition) is 3. The van der Waals surface area contributed by atoms with E-state index in [-0.39, 0.29) is 22.7 Å². The van der Waals surface area contributed by atoms with Gasteiger partial charge < -0.3 is 9.55 Å². The number of hydrogen-bond acceptors (Lipinski definition) is 3. The second-order valence-corrected chi connectivity index (χ2v) is 9.42. The molecule has 8 heteroatoms. The van der Waals surface area contributed by atoms with Crippen LogP contribution in [0.5, 0.6) is 0 Å². The van der Waals surface area contributed by atoms with E-state index < -0.39 is 11.8 Å². The minimum absolute atomic E-state index is 0.0197. The monoisotopic (exact) mass is 450 g/mol. The van der Waals surface area contributed by atoms with Crippen molar-refractivity contribution in [1.29, 1.82) is 0 Å². The number of carbonyl (C=O) groups excluding carboxylic acids is 3. The molecule has 0 radical (unpaired) electrons. The Morgan fingerprint density at radius 2 is 1.67 bits per heavy atom. The molecule has 1 aliphatic carbocycles. The summed E-state index contributed by atoms with van der Waals surface area (Å²) in [5.74, 6) is -1.32. The molecule has 1 aromatic carbocycles. The summed E-state index contributed by atoms with van der Waals surface area (Å²) in [6, 6.07) is 7.70. The highest BCUT2D eigenvalue weighted by Gasteiger charge is 2.35. The molecule has 4 rings (SSSR count). The van der Waals surface area contributed by atoms with E-state index in [1.54, 1.807) is 32.0 Å². The van der Waals surface area contributed by atoms with Crippen molar-refractivity contribution in [3.63, 3.8) is 0 Å². The summed E-state index contributed by atoms with van der Waals surface area (Å²) in [6.45, 7) is 9.40. The second kappa shape index (κ2) is 8.03. The quantitative estimate of drug-likeness (QED) is 0.524. The minimum Gasteiger partial charge on any atom is -0.353 e. The van der Waals surface area contributed by atoms with Crippen molar-refractivity contribution in [3.05, 3.63) is 75.6 Å². The van der Waals surface area contributed by atoms with Gasteiger partial charge in [0, 0.05) is 34.8 Å². The van der Waals surface area contributed by atoms with E-state index in [0.717, 1.165) is 17.1 Å². The lowest BCUT2D eigenvalue weighted by atomic mass is 9.75. The van der Waals surface area contributed by atoms with E-state index >= 15 is 0 Å². The summed E-state index contributed by atoms with van der Waals surface area (Å²) in [7, 11) is 0. The van der Waals surface area contributed by atoms with Gasteiger partial charge >= 0.3 is 0 Å². The molecular formula is C25H27FN4O3. The van der Waals surface area contributed by atoms with E-state index in [4.69, 9.17) is 0 Å². The van der Waals surface area contributed by atoms with Crippen molar-refractivity contribution in [2.24, 2.45) is 5.41 Å². The molecule has 3 aromatic rings. The van der Waals surface area contributed by atoms with Crippen molar-refractivity contribution in [2.45, 2.75) is 47.5 Å². The molecule has 0 spiro atoms. The number of fused-ring (bicyclic) bond motifs is 1. The van der Waals surface area contributed by atoms with Gasteiger partial charge in [0.15, 0.2) is 5.78 Å². The van der Waals surface area contributed by atoms with Crippen LogP contribution in [0.15, 0.2) is 30.3 Å². The number of halogens is 1. The molecule has 0 saturated carbocycles. The van der Waals surface area contributed by atoms with Gasteiger partial charge in [-0.05, 0) is 68.5 Å². The van der Waals surface area contributed by atoms with E-state index in [0.29, 0.717) is 35.2 Å². The average molecular weight is 451 g/mol. The maximum Gasteiger partial charge on any atom is 0.286 e. The maximum atomic E-state index is 13.3. The summed E-state index contributed by atoms with van der Waals surface area (Å²) in [5.41, 5.74) is 9.49. The average Bonchev–Trinajstić information content (AvgIpc) is 3.21. The van der Waals surface area contributed by atoms with Gasteiger partial charge in [-0.1, -0.05) is 13.8 Å². The third-order valence-corrected chi connectivity index (χ3v) is 6.18. The fourth-order valence-corrected chi connectivity index (χ4v) is 4.68. The first-order valence-electron chi connectivity index (χ1n) is 10.8. The topological polar surface area (TPSA) is 96.0 Å². The summed E-state index contributed by atoms with van der Waals surface area (Å²) in [6.07, 6.45) is 1.10. The van der Waals surface area contributed by atoms with Gasteiger partial charge in [-0.15, -0.1) is 0 Å². The fraction of sp³-hybridized carbons (Fsp3) is 0.320. The predicted octanol–water partition coefficient (Wildman–Crippen LogP) is 4.10. The summed E-state index contributed by atoms with van der Waals surface area (Å²) >= 11 is 0. The van der Waals surface area contributed by atoms with Crippen LogP contribution in [-0.4, -0.2) is 27.1 Å². The third-order valence-electron chi connectivity index (χ3n) is 6.18. The highest BCUT2D eigenvalue weighted by molar-refractivity contribution is 6.05. The first kappa shape index (κ1) is 22.5. The molecule has 2 heterocycles. The molecule has 0 bridgehead atoms. The number of ketones is 1. The number of Topliss-reactive ketones (excluding diaryl/α,β-unsaturated/α-hetero) is 1. The molecule has 172 valence electrons. The Labute approximate surface area is 191 Å². The van der Waals surface area contributed by atoms with Gasteiger partial charge in [0.25, 0.3) is 11.8 Å². The van der Waals surface area contributed by atoms with Crippen LogP contribution in [-0.2, 0) is 6.42 Å². The maximum absolute atomic E-state index is 13.3. The molecule has 0 fully saturated rings. The largest absolute Gasteiger partial charge is 0.353 e. The van der Waals surface area contributed by atoms with Crippen LogP contribution in [0, 0.1) is 32.0 Å². The van der Waals surface area contributed by atoms with Crippen LogP contribution in [0.4, 0.5) is 4.39 Å². The van der Waals surface area contributed by atoms with E-state index in [1.165, 1.54) is 12.1 Å². The molecule has 2 aromatic heterocycles. The number of aromatic nitrogens is 2. The smallest absolute Gasteiger partial charge is 0.286 e. The number of amides is 2. The van der Waals surface area contributed by atoms with Crippen LogP contribution < -0.4 is 10.9 Å². The van der Waals surface area contributed by atoms with Gasteiger partial charge in [-0.2, -0.15) is 0 Å². The zero-order valence-corrected chi connectivity index (χ0v) is 19.4. The molecule has 0 saturated heterocycles. The summed E-state index contributed by atoms with van der Waals surface area (Å²) in [4.78, 5) is 41.2. The van der Waals surface area contributed by atoms with Gasteiger partial charge in [-0.3, -0.25) is 25.2 Å². The van der Waals surface area contributed by atoms with Gasteiger partial charge in [0.2, 0.25) is 0 Å². The minimum atomic E-state index is -0.520. The van der Waals surface area contributed by atoms with Crippen LogP contribution in [0.2, 0.25) is 0 Å². The lowest BCUT2D eigenvalue weighted by Gasteiger charge is -2.28. The Bertz CT molecular complexity index is 1280. The number of H-pyrrole nitrogens is 1. The van der Waals surface area contributed by atoms with Crippen molar-refractivity contribution in [3.8, 4) is 5.69 Å². The standard InChI is InChI=1S/C25H27FN4O3/c1-13-10-18(15(3)30(13)17-8-6-16(26)7-9-17)23(32)28-29-24(33)22-14(2)21-19(27-22)11-25(4,5)12-20(21)31/h6-10,27H,11-12H2,1-5H3,(H,28,32)(H,29,33). The highest BCUT2D eigenvalue weighted by atomic mass is 19.1. The summed E-state index contributed by atoms with van der Waals surface area (Å²) < 4.78 is 15.1. The number of nitrogens with zero attached hydrogens (tertiary/aromatic N) is 1. The number of aromatic amines is 1. The molecule has 1 aliphatic rings. The third kappa shape index (κ3) is 4.08. The van der Waals surface area contributed by atoms with Crippen LogP contribution >= 0.6 is 0 Å². The SMILES string of the molecule is Cc1c(C(=O)NNC(=O)c2cc(C)n(-c3ccc(F)cc3)c2C)[nH]c2c1C(=O)CC(C)(C)C2. The van der Waals surface area contributed by atoms with E-state index in [2.05, 4.69) is 15.8 Å². The van der Waals surface area contributed by atoms with Crippen molar-refractivity contribution in [1.82, 2.24) is 20.4 Å². The van der Waals surface area contributed by atoms with Crippen LogP contribution in [0.3, 0.4) is 0 Å². The number of carbonyl (C=O) groups is 3.